The average molecular weight is 614 g/mol. The molecule has 0 N–H and O–H groups in total. The van der Waals surface area contributed by atoms with Gasteiger partial charge in [-0.3, -0.25) is 4.57 Å². The Morgan fingerprint density at radius 1 is 0.417 bits per heavy atom. The molecule has 0 spiro atoms. The number of benzene rings is 8. The van der Waals surface area contributed by atoms with Crippen molar-refractivity contribution in [3.8, 4) is 28.2 Å². The Kier molecular flexibility index (Phi) is 6.80. The van der Waals surface area contributed by atoms with Crippen molar-refractivity contribution < 1.29 is 0 Å². The number of fused-ring (bicyclic) bond motifs is 4. The summed E-state index contributed by atoms with van der Waals surface area (Å²) in [6, 6.07) is 66.8. The van der Waals surface area contributed by atoms with Gasteiger partial charge < -0.3 is 4.90 Å². The quantitative estimate of drug-likeness (QED) is 0.174. The van der Waals surface area contributed by atoms with Gasteiger partial charge in [0.25, 0.3) is 0 Å². The summed E-state index contributed by atoms with van der Waals surface area (Å²) in [7, 11) is 0. The molecule has 3 nitrogen and oxygen atoms in total. The fourth-order valence-corrected chi connectivity index (χ4v) is 6.93. The van der Waals surface area contributed by atoms with Gasteiger partial charge in [-0.1, -0.05) is 109 Å². The summed E-state index contributed by atoms with van der Waals surface area (Å²) in [6.07, 6.45) is 0. The summed E-state index contributed by atoms with van der Waals surface area (Å²) in [5.74, 6) is 0.923. The Balaban J connectivity index is 1.12. The van der Waals surface area contributed by atoms with E-state index in [-0.39, 0.29) is 0 Å². The molecule has 0 aliphatic carbocycles. The molecule has 9 aromatic rings. The maximum Gasteiger partial charge on any atom is 0.145 e. The SMILES string of the molecule is c1ccc(N(c2ccc(-c3cc4ccccc4c4ccccc34)cc2)c2ccc(-c3nc4ccccc4n3-c3ccccc3)cc2)cc1. The van der Waals surface area contributed by atoms with E-state index in [9.17, 15) is 0 Å². The number of hydrogen-bond donors (Lipinski definition) is 0. The highest BCUT2D eigenvalue weighted by Gasteiger charge is 2.17. The van der Waals surface area contributed by atoms with Gasteiger partial charge >= 0.3 is 0 Å². The topological polar surface area (TPSA) is 21.1 Å². The predicted octanol–water partition coefficient (Wildman–Crippen LogP) is 12.1. The molecule has 0 aliphatic heterocycles. The van der Waals surface area contributed by atoms with Crippen LogP contribution in [-0.4, -0.2) is 9.55 Å². The summed E-state index contributed by atoms with van der Waals surface area (Å²) >= 11 is 0. The molecule has 9 rings (SSSR count). The Morgan fingerprint density at radius 2 is 0.958 bits per heavy atom. The molecule has 0 fully saturated rings. The van der Waals surface area contributed by atoms with E-state index in [1.807, 2.05) is 12.1 Å². The van der Waals surface area contributed by atoms with Gasteiger partial charge in [0, 0.05) is 28.3 Å². The highest BCUT2D eigenvalue weighted by Crippen LogP contribution is 2.39. The zero-order chi connectivity index (χ0) is 31.9. The average Bonchev–Trinajstić information content (AvgIpc) is 3.56. The van der Waals surface area contributed by atoms with Gasteiger partial charge in [-0.25, -0.2) is 4.98 Å². The minimum atomic E-state index is 0.923. The predicted molar refractivity (Wildman–Crippen MR) is 202 cm³/mol. The standard InChI is InChI=1S/C45H31N3/c1-3-14-35(15-4-1)47(37-27-23-32(24-28-37)42-31-34-13-7-8-18-39(34)40-19-9-10-20-41(40)42)38-29-25-33(26-30-38)45-46-43-21-11-12-22-44(43)48(45)36-16-5-2-6-17-36/h1-31H. The Labute approximate surface area is 279 Å². The number of hydrogen-bond acceptors (Lipinski definition) is 2. The van der Waals surface area contributed by atoms with Crippen molar-refractivity contribution in [2.75, 3.05) is 4.90 Å². The van der Waals surface area contributed by atoms with Gasteiger partial charge in [-0.15, -0.1) is 0 Å². The second-order valence-corrected chi connectivity index (χ2v) is 12.1. The Bertz CT molecular complexity index is 2530. The molecule has 0 bridgehead atoms. The third-order valence-corrected chi connectivity index (χ3v) is 9.18. The monoisotopic (exact) mass is 613 g/mol. The highest BCUT2D eigenvalue weighted by atomic mass is 15.1. The van der Waals surface area contributed by atoms with E-state index in [0.29, 0.717) is 0 Å². The third kappa shape index (κ3) is 4.81. The van der Waals surface area contributed by atoms with Gasteiger partial charge in [0.05, 0.1) is 11.0 Å². The first-order valence-corrected chi connectivity index (χ1v) is 16.3. The molecule has 0 atom stereocenters. The van der Waals surface area contributed by atoms with Crippen molar-refractivity contribution in [2.45, 2.75) is 0 Å². The van der Waals surface area contributed by atoms with E-state index < -0.39 is 0 Å². The van der Waals surface area contributed by atoms with Crippen LogP contribution in [0.25, 0.3) is 60.8 Å². The fourth-order valence-electron chi connectivity index (χ4n) is 6.93. The molecule has 0 unspecified atom stereocenters. The summed E-state index contributed by atoms with van der Waals surface area (Å²) in [5.41, 5.74) is 9.94. The minimum absolute atomic E-state index is 0.923. The summed E-state index contributed by atoms with van der Waals surface area (Å²) < 4.78 is 2.24. The van der Waals surface area contributed by atoms with E-state index in [4.69, 9.17) is 4.98 Å². The van der Waals surface area contributed by atoms with Gasteiger partial charge in [-0.05, 0) is 112 Å². The highest BCUT2D eigenvalue weighted by molar-refractivity contribution is 6.13. The molecular weight excluding hydrogens is 583 g/mol. The normalized spacial score (nSPS) is 11.3. The van der Waals surface area contributed by atoms with Crippen LogP contribution in [0.15, 0.2) is 188 Å². The summed E-state index contributed by atoms with van der Waals surface area (Å²) in [4.78, 5) is 7.39. The summed E-state index contributed by atoms with van der Waals surface area (Å²) in [5, 5.41) is 5.08. The lowest BCUT2D eigenvalue weighted by molar-refractivity contribution is 1.10. The number of imidazole rings is 1. The number of nitrogens with zero attached hydrogens (tertiary/aromatic N) is 3. The van der Waals surface area contributed by atoms with E-state index in [2.05, 4.69) is 185 Å². The molecule has 48 heavy (non-hydrogen) atoms. The van der Waals surface area contributed by atoms with E-state index in [1.54, 1.807) is 0 Å². The molecule has 0 saturated carbocycles. The van der Waals surface area contributed by atoms with E-state index in [1.165, 1.54) is 32.7 Å². The van der Waals surface area contributed by atoms with Gasteiger partial charge in [0.2, 0.25) is 0 Å². The van der Waals surface area contributed by atoms with Crippen molar-refractivity contribution in [3.05, 3.63) is 188 Å². The van der Waals surface area contributed by atoms with Crippen molar-refractivity contribution in [1.29, 1.82) is 0 Å². The molecular formula is C45H31N3. The van der Waals surface area contributed by atoms with Crippen molar-refractivity contribution in [1.82, 2.24) is 9.55 Å². The first-order valence-electron chi connectivity index (χ1n) is 16.3. The molecule has 0 amide bonds. The molecule has 0 saturated heterocycles. The molecule has 0 aliphatic rings. The van der Waals surface area contributed by atoms with Crippen molar-refractivity contribution in [3.63, 3.8) is 0 Å². The lowest BCUT2D eigenvalue weighted by Crippen LogP contribution is -2.09. The van der Waals surface area contributed by atoms with Gasteiger partial charge in [0.1, 0.15) is 5.82 Å². The Morgan fingerprint density at radius 3 is 1.69 bits per heavy atom. The molecule has 0 radical (unpaired) electrons. The van der Waals surface area contributed by atoms with Crippen LogP contribution in [0.5, 0.6) is 0 Å². The number of para-hydroxylation sites is 4. The number of rotatable bonds is 6. The third-order valence-electron chi connectivity index (χ3n) is 9.18. The van der Waals surface area contributed by atoms with Gasteiger partial charge in [-0.2, -0.15) is 0 Å². The maximum atomic E-state index is 5.08. The smallest absolute Gasteiger partial charge is 0.145 e. The number of anilines is 3. The first kappa shape index (κ1) is 27.8. The lowest BCUT2D eigenvalue weighted by Gasteiger charge is -2.26. The second kappa shape index (κ2) is 11.7. The van der Waals surface area contributed by atoms with Crippen LogP contribution in [0.3, 0.4) is 0 Å². The van der Waals surface area contributed by atoms with Crippen LogP contribution < -0.4 is 4.90 Å². The molecule has 8 aromatic carbocycles. The number of aromatic nitrogens is 2. The van der Waals surface area contributed by atoms with Crippen LogP contribution in [0, 0.1) is 0 Å². The van der Waals surface area contributed by atoms with Crippen LogP contribution in [0.2, 0.25) is 0 Å². The van der Waals surface area contributed by atoms with Crippen LogP contribution in [0.1, 0.15) is 0 Å². The fraction of sp³-hybridized carbons (Fsp3) is 0. The van der Waals surface area contributed by atoms with Crippen LogP contribution >= 0.6 is 0 Å². The van der Waals surface area contributed by atoms with Crippen molar-refractivity contribution >= 4 is 49.6 Å². The van der Waals surface area contributed by atoms with E-state index >= 15 is 0 Å². The van der Waals surface area contributed by atoms with Crippen LogP contribution in [-0.2, 0) is 0 Å². The Hall–Kier alpha value is -6.45. The molecule has 1 heterocycles. The largest absolute Gasteiger partial charge is 0.311 e. The van der Waals surface area contributed by atoms with Crippen molar-refractivity contribution in [2.24, 2.45) is 0 Å². The zero-order valence-corrected chi connectivity index (χ0v) is 26.2. The maximum absolute atomic E-state index is 5.08. The first-order chi connectivity index (χ1) is 23.8. The molecule has 1 aromatic heterocycles. The molecule has 226 valence electrons. The van der Waals surface area contributed by atoms with Gasteiger partial charge in [0.15, 0.2) is 0 Å². The second-order valence-electron chi connectivity index (χ2n) is 12.1. The van der Waals surface area contributed by atoms with E-state index in [0.717, 1.165) is 45.2 Å². The minimum Gasteiger partial charge on any atom is -0.311 e. The zero-order valence-electron chi connectivity index (χ0n) is 26.2. The molecule has 3 heteroatoms. The lowest BCUT2D eigenvalue weighted by atomic mass is 9.93. The summed E-state index contributed by atoms with van der Waals surface area (Å²) in [6.45, 7) is 0. The van der Waals surface area contributed by atoms with Crippen LogP contribution in [0.4, 0.5) is 17.1 Å².